The van der Waals surface area contributed by atoms with E-state index in [2.05, 4.69) is 40.0 Å². The van der Waals surface area contributed by atoms with Crippen LogP contribution in [0.15, 0.2) is 0 Å². The first kappa shape index (κ1) is 22.4. The molecule has 8 nitrogen and oxygen atoms in total. The Kier molecular flexibility index (Phi) is 8.49. The third-order valence-corrected chi connectivity index (χ3v) is 6.30. The molecule has 1 aliphatic carbocycles. The molecule has 7 atom stereocenters. The predicted octanol–water partition coefficient (Wildman–Crippen LogP) is -0.358. The maximum Gasteiger partial charge on any atom is 0.113 e. The van der Waals surface area contributed by atoms with Crippen molar-refractivity contribution in [3.05, 3.63) is 0 Å². The number of aliphatic hydroxyl groups is 1. The van der Waals surface area contributed by atoms with Gasteiger partial charge in [0.05, 0.1) is 31.1 Å². The number of β-amino-alcohol motifs (C(OH)–C–C–N with tert-alkyl or cyclic N) is 1. The van der Waals surface area contributed by atoms with Gasteiger partial charge in [0.15, 0.2) is 0 Å². The molecule has 3 fully saturated rings. The monoisotopic (exact) mass is 399 g/mol. The van der Waals surface area contributed by atoms with Gasteiger partial charge in [0, 0.05) is 38.8 Å². The minimum absolute atomic E-state index is 0.0160. The summed E-state index contributed by atoms with van der Waals surface area (Å²) in [4.78, 5) is 2.29. The number of ether oxygens (including phenoxy) is 2. The summed E-state index contributed by atoms with van der Waals surface area (Å²) in [6.45, 7) is 7.71. The zero-order chi connectivity index (χ0) is 20.1. The van der Waals surface area contributed by atoms with Crippen LogP contribution in [-0.4, -0.2) is 93.3 Å². The van der Waals surface area contributed by atoms with Crippen LogP contribution in [0.3, 0.4) is 0 Å². The summed E-state index contributed by atoms with van der Waals surface area (Å²) in [6, 6.07) is 0.815. The Morgan fingerprint density at radius 3 is 2.61 bits per heavy atom. The smallest absolute Gasteiger partial charge is 0.113 e. The Balaban J connectivity index is 1.44. The van der Waals surface area contributed by atoms with E-state index in [0.717, 1.165) is 44.7 Å². The summed E-state index contributed by atoms with van der Waals surface area (Å²) in [5, 5.41) is 24.5. The van der Waals surface area contributed by atoms with Crippen molar-refractivity contribution in [2.75, 3.05) is 40.4 Å². The molecule has 2 heterocycles. The highest BCUT2D eigenvalue weighted by atomic mass is 16.5. The lowest BCUT2D eigenvalue weighted by atomic mass is 9.90. The van der Waals surface area contributed by atoms with Crippen LogP contribution in [0, 0.1) is 5.92 Å². The molecule has 3 aliphatic rings. The van der Waals surface area contributed by atoms with Crippen LogP contribution in [0.4, 0.5) is 0 Å². The molecule has 3 rings (SSSR count). The number of hydrogen-bond donors (Lipinski definition) is 5. The summed E-state index contributed by atoms with van der Waals surface area (Å²) in [6.07, 6.45) is 4.07. The van der Waals surface area contributed by atoms with Crippen molar-refractivity contribution in [1.82, 2.24) is 26.2 Å². The number of hydrogen-bond acceptors (Lipinski definition) is 8. The predicted molar refractivity (Wildman–Crippen MR) is 110 cm³/mol. The van der Waals surface area contributed by atoms with Crippen LogP contribution in [-0.2, 0) is 9.47 Å². The molecule has 7 unspecified atom stereocenters. The van der Waals surface area contributed by atoms with Gasteiger partial charge in [-0.2, -0.15) is 0 Å². The van der Waals surface area contributed by atoms with Crippen LogP contribution < -0.4 is 21.3 Å². The fourth-order valence-corrected chi connectivity index (χ4v) is 4.82. The lowest BCUT2D eigenvalue weighted by molar-refractivity contribution is -0.107. The van der Waals surface area contributed by atoms with Crippen molar-refractivity contribution >= 4 is 0 Å². The van der Waals surface area contributed by atoms with Crippen LogP contribution in [0.1, 0.15) is 39.5 Å². The summed E-state index contributed by atoms with van der Waals surface area (Å²) in [7, 11) is 3.75. The highest BCUT2D eigenvalue weighted by Gasteiger charge is 2.34. The van der Waals surface area contributed by atoms with E-state index in [0.29, 0.717) is 31.4 Å². The van der Waals surface area contributed by atoms with E-state index in [4.69, 9.17) is 9.47 Å². The molecule has 2 saturated heterocycles. The number of nitrogens with one attached hydrogen (secondary N) is 4. The molecular formula is C20H41N5O3. The van der Waals surface area contributed by atoms with Gasteiger partial charge in [0.25, 0.3) is 0 Å². The molecule has 0 aromatic rings. The quantitative estimate of drug-likeness (QED) is 0.359. The fraction of sp³-hybridized carbons (Fsp3) is 1.00. The second kappa shape index (κ2) is 10.6. The van der Waals surface area contributed by atoms with Crippen LogP contribution in [0.25, 0.3) is 0 Å². The van der Waals surface area contributed by atoms with E-state index in [1.807, 2.05) is 7.05 Å². The third-order valence-electron chi connectivity index (χ3n) is 6.30. The van der Waals surface area contributed by atoms with Gasteiger partial charge in [0.2, 0.25) is 0 Å². The number of nitrogens with zero attached hydrogens (tertiary/aromatic N) is 1. The van der Waals surface area contributed by atoms with E-state index in [1.165, 1.54) is 0 Å². The van der Waals surface area contributed by atoms with Crippen molar-refractivity contribution in [1.29, 1.82) is 0 Å². The second-order valence-electron chi connectivity index (χ2n) is 9.04. The number of aliphatic hydroxyl groups excluding tert-OH is 1. The number of rotatable bonds is 9. The van der Waals surface area contributed by atoms with Crippen LogP contribution in [0.5, 0.6) is 0 Å². The van der Waals surface area contributed by atoms with Crippen LogP contribution >= 0.6 is 0 Å². The molecule has 1 saturated carbocycles. The zero-order valence-electron chi connectivity index (χ0n) is 18.0. The molecule has 0 aromatic heterocycles. The van der Waals surface area contributed by atoms with Crippen molar-refractivity contribution in [2.45, 2.75) is 82.4 Å². The number of likely N-dealkylation sites (tertiary alicyclic amines) is 1. The summed E-state index contributed by atoms with van der Waals surface area (Å²) < 4.78 is 11.8. The summed E-state index contributed by atoms with van der Waals surface area (Å²) in [5.74, 6) is 0.753. The molecule has 28 heavy (non-hydrogen) atoms. The van der Waals surface area contributed by atoms with Gasteiger partial charge < -0.3 is 24.8 Å². The molecule has 0 aromatic carbocycles. The first-order chi connectivity index (χ1) is 13.5. The summed E-state index contributed by atoms with van der Waals surface area (Å²) >= 11 is 0. The molecule has 2 aliphatic heterocycles. The Bertz CT molecular complexity index is 465. The second-order valence-corrected chi connectivity index (χ2v) is 9.04. The Morgan fingerprint density at radius 2 is 1.93 bits per heavy atom. The van der Waals surface area contributed by atoms with Crippen molar-refractivity contribution in [3.63, 3.8) is 0 Å². The average Bonchev–Trinajstić information content (AvgIpc) is 2.64. The zero-order valence-corrected chi connectivity index (χ0v) is 18.0. The van der Waals surface area contributed by atoms with Gasteiger partial charge in [-0.1, -0.05) is 6.92 Å². The Hall–Kier alpha value is -0.320. The molecule has 8 heteroatoms. The van der Waals surface area contributed by atoms with Gasteiger partial charge in [-0.15, -0.1) is 0 Å². The van der Waals surface area contributed by atoms with Crippen molar-refractivity contribution < 1.29 is 14.6 Å². The molecule has 0 spiro atoms. The lowest BCUT2D eigenvalue weighted by Crippen LogP contribution is -2.68. The first-order valence-electron chi connectivity index (χ1n) is 11.0. The SMILES string of the molecule is CNC1CC(C)NC(NC2CCC(OC)C(OCC(O)CN3CC(C)C3)C2)N1. The minimum Gasteiger partial charge on any atom is -0.389 e. The van der Waals surface area contributed by atoms with Gasteiger partial charge in [-0.3, -0.25) is 16.0 Å². The van der Waals surface area contributed by atoms with E-state index >= 15 is 0 Å². The topological polar surface area (TPSA) is 90.0 Å². The van der Waals surface area contributed by atoms with Gasteiger partial charge >= 0.3 is 0 Å². The van der Waals surface area contributed by atoms with Gasteiger partial charge in [-0.25, -0.2) is 0 Å². The van der Waals surface area contributed by atoms with Crippen LogP contribution in [0.2, 0.25) is 0 Å². The van der Waals surface area contributed by atoms with E-state index in [1.54, 1.807) is 7.11 Å². The minimum atomic E-state index is -0.433. The highest BCUT2D eigenvalue weighted by molar-refractivity contribution is 4.89. The lowest BCUT2D eigenvalue weighted by Gasteiger charge is -2.42. The van der Waals surface area contributed by atoms with E-state index in [9.17, 15) is 5.11 Å². The van der Waals surface area contributed by atoms with E-state index < -0.39 is 6.10 Å². The molecule has 0 bridgehead atoms. The van der Waals surface area contributed by atoms with Gasteiger partial charge in [-0.05, 0) is 45.6 Å². The number of methoxy groups -OCH3 is 1. The molecule has 164 valence electrons. The van der Waals surface area contributed by atoms with Gasteiger partial charge in [0.1, 0.15) is 6.29 Å². The van der Waals surface area contributed by atoms with Crippen molar-refractivity contribution in [2.24, 2.45) is 5.92 Å². The molecular weight excluding hydrogens is 358 g/mol. The molecule has 0 radical (unpaired) electrons. The van der Waals surface area contributed by atoms with Crippen molar-refractivity contribution in [3.8, 4) is 0 Å². The van der Waals surface area contributed by atoms with E-state index in [-0.39, 0.29) is 18.5 Å². The Morgan fingerprint density at radius 1 is 1.14 bits per heavy atom. The third kappa shape index (κ3) is 6.34. The maximum absolute atomic E-state index is 10.3. The average molecular weight is 400 g/mol. The Labute approximate surface area is 170 Å². The first-order valence-corrected chi connectivity index (χ1v) is 11.0. The standard InChI is InChI=1S/C20H41N5O3/c1-13-9-25(10-13)11-16(26)12-28-18-8-15(5-6-17(18)27-4)23-20-22-14(2)7-19(21-3)24-20/h13-24,26H,5-12H2,1-4H3. The highest BCUT2D eigenvalue weighted by Crippen LogP contribution is 2.25. The summed E-state index contributed by atoms with van der Waals surface area (Å²) in [5.41, 5.74) is 0. The molecule has 0 amide bonds. The molecule has 5 N–H and O–H groups in total. The largest absolute Gasteiger partial charge is 0.389 e. The maximum atomic E-state index is 10.3. The fourth-order valence-electron chi connectivity index (χ4n) is 4.82. The normalized spacial score (nSPS) is 38.9.